The number of para-hydroxylation sites is 1. The van der Waals surface area contributed by atoms with Gasteiger partial charge in [0.15, 0.2) is 0 Å². The molecule has 0 fully saturated rings. The molecule has 0 aliphatic carbocycles. The van der Waals surface area contributed by atoms with Gasteiger partial charge in [0.05, 0.1) is 17.5 Å². The molecule has 2 aromatic rings. The number of carbonyl (C=O) groups excluding carboxylic acids is 1. The number of aliphatic hydroxyl groups is 1. The Labute approximate surface area is 94.3 Å². The van der Waals surface area contributed by atoms with Crippen molar-refractivity contribution in [2.24, 2.45) is 0 Å². The van der Waals surface area contributed by atoms with E-state index < -0.39 is 5.60 Å². The van der Waals surface area contributed by atoms with Crippen molar-refractivity contribution in [3.8, 4) is 0 Å². The average Bonchev–Trinajstić information content (AvgIpc) is 2.58. The number of benzene rings is 1. The van der Waals surface area contributed by atoms with Crippen molar-refractivity contribution in [1.29, 1.82) is 0 Å². The zero-order chi connectivity index (χ0) is 11.8. The monoisotopic (exact) mass is 217 g/mol. The fourth-order valence-electron chi connectivity index (χ4n) is 1.76. The molecule has 0 bridgehead atoms. The van der Waals surface area contributed by atoms with Crippen LogP contribution in [0, 0.1) is 0 Å². The van der Waals surface area contributed by atoms with E-state index in [2.05, 4.69) is 0 Å². The number of aromatic nitrogens is 1. The van der Waals surface area contributed by atoms with Crippen LogP contribution in [0.3, 0.4) is 0 Å². The van der Waals surface area contributed by atoms with E-state index in [1.807, 2.05) is 30.3 Å². The van der Waals surface area contributed by atoms with Crippen LogP contribution in [0.5, 0.6) is 0 Å². The van der Waals surface area contributed by atoms with Gasteiger partial charge >= 0.3 is 0 Å². The molecular formula is C13H15NO2. The molecule has 0 atom stereocenters. The highest BCUT2D eigenvalue weighted by atomic mass is 16.3. The van der Waals surface area contributed by atoms with E-state index in [9.17, 15) is 9.90 Å². The molecule has 0 saturated heterocycles. The lowest BCUT2D eigenvalue weighted by Gasteiger charge is -2.16. The van der Waals surface area contributed by atoms with Crippen molar-refractivity contribution in [1.82, 2.24) is 4.57 Å². The highest BCUT2D eigenvalue weighted by Gasteiger charge is 2.19. The van der Waals surface area contributed by atoms with Gasteiger partial charge in [-0.25, -0.2) is 0 Å². The maximum Gasteiger partial charge on any atom is 0.233 e. The first-order valence-electron chi connectivity index (χ1n) is 5.29. The molecule has 0 amide bonds. The lowest BCUT2D eigenvalue weighted by Crippen LogP contribution is -2.26. The predicted molar refractivity (Wildman–Crippen MR) is 63.5 cm³/mol. The Balaban J connectivity index is 2.37. The molecule has 1 aromatic heterocycles. The first-order valence-corrected chi connectivity index (χ1v) is 5.29. The van der Waals surface area contributed by atoms with E-state index in [-0.39, 0.29) is 12.3 Å². The van der Waals surface area contributed by atoms with E-state index in [0.717, 1.165) is 10.9 Å². The summed E-state index contributed by atoms with van der Waals surface area (Å²) in [6.45, 7) is 3.27. The Morgan fingerprint density at radius 2 is 2.00 bits per heavy atom. The van der Waals surface area contributed by atoms with Gasteiger partial charge in [-0.05, 0) is 26.0 Å². The summed E-state index contributed by atoms with van der Waals surface area (Å²) in [6.07, 6.45) is 1.87. The van der Waals surface area contributed by atoms with Crippen LogP contribution in [0.1, 0.15) is 25.1 Å². The summed E-state index contributed by atoms with van der Waals surface area (Å²) in [5.74, 6) is -0.0892. The molecule has 0 aliphatic heterocycles. The standard InChI is InChI=1S/C13H15NO2/c1-13(2,16)9-12(15)14-8-7-10-5-3-4-6-11(10)14/h3-8,16H,9H2,1-2H3. The zero-order valence-corrected chi connectivity index (χ0v) is 9.47. The number of nitrogens with zero attached hydrogens (tertiary/aromatic N) is 1. The van der Waals surface area contributed by atoms with Crippen LogP contribution < -0.4 is 0 Å². The SMILES string of the molecule is CC(C)(O)CC(=O)n1ccc2ccccc21. The third kappa shape index (κ3) is 2.14. The maximum absolute atomic E-state index is 11.9. The molecule has 84 valence electrons. The minimum absolute atomic E-state index is 0.0892. The van der Waals surface area contributed by atoms with Gasteiger partial charge in [-0.1, -0.05) is 18.2 Å². The highest BCUT2D eigenvalue weighted by Crippen LogP contribution is 2.17. The van der Waals surface area contributed by atoms with Gasteiger partial charge in [0, 0.05) is 11.6 Å². The number of carbonyl (C=O) groups is 1. The summed E-state index contributed by atoms with van der Waals surface area (Å²) in [7, 11) is 0. The molecule has 0 aliphatic rings. The maximum atomic E-state index is 11.9. The van der Waals surface area contributed by atoms with E-state index in [1.165, 1.54) is 0 Å². The highest BCUT2D eigenvalue weighted by molar-refractivity contribution is 5.92. The van der Waals surface area contributed by atoms with E-state index >= 15 is 0 Å². The second kappa shape index (κ2) is 3.76. The molecule has 1 aromatic carbocycles. The van der Waals surface area contributed by atoms with Crippen LogP contribution >= 0.6 is 0 Å². The van der Waals surface area contributed by atoms with Gasteiger partial charge in [-0.3, -0.25) is 9.36 Å². The molecular weight excluding hydrogens is 202 g/mol. The average molecular weight is 217 g/mol. The van der Waals surface area contributed by atoms with Gasteiger partial charge in [0.25, 0.3) is 0 Å². The number of hydrogen-bond acceptors (Lipinski definition) is 2. The smallest absolute Gasteiger partial charge is 0.233 e. The summed E-state index contributed by atoms with van der Waals surface area (Å²) in [5, 5.41) is 10.7. The fraction of sp³-hybridized carbons (Fsp3) is 0.308. The number of rotatable bonds is 2. The summed E-state index contributed by atoms with van der Waals surface area (Å²) in [6, 6.07) is 9.60. The third-order valence-corrected chi connectivity index (χ3v) is 2.45. The van der Waals surface area contributed by atoms with Crippen LogP contribution in [0.25, 0.3) is 10.9 Å². The normalized spacial score (nSPS) is 11.9. The second-order valence-corrected chi connectivity index (χ2v) is 4.63. The molecule has 0 spiro atoms. The lowest BCUT2D eigenvalue weighted by atomic mass is 10.1. The minimum atomic E-state index is -0.970. The molecule has 0 radical (unpaired) electrons. The van der Waals surface area contributed by atoms with Gasteiger partial charge in [-0.15, -0.1) is 0 Å². The summed E-state index contributed by atoms with van der Waals surface area (Å²) in [5.41, 5.74) is -0.0839. The van der Waals surface area contributed by atoms with Crippen molar-refractivity contribution in [3.63, 3.8) is 0 Å². The molecule has 16 heavy (non-hydrogen) atoms. The van der Waals surface area contributed by atoms with Gasteiger partial charge in [0.2, 0.25) is 5.91 Å². The third-order valence-electron chi connectivity index (χ3n) is 2.45. The Kier molecular flexibility index (Phi) is 2.56. The van der Waals surface area contributed by atoms with E-state index in [0.29, 0.717) is 0 Å². The van der Waals surface area contributed by atoms with Crippen molar-refractivity contribution < 1.29 is 9.90 Å². The molecule has 0 saturated carbocycles. The summed E-state index contributed by atoms with van der Waals surface area (Å²) >= 11 is 0. The van der Waals surface area contributed by atoms with Crippen molar-refractivity contribution in [2.45, 2.75) is 25.9 Å². The Bertz CT molecular complexity index is 520. The molecule has 2 rings (SSSR count). The van der Waals surface area contributed by atoms with Gasteiger partial charge in [-0.2, -0.15) is 0 Å². The van der Waals surface area contributed by atoms with Crippen LogP contribution in [0.2, 0.25) is 0 Å². The topological polar surface area (TPSA) is 42.2 Å². The fourth-order valence-corrected chi connectivity index (χ4v) is 1.76. The molecule has 0 unspecified atom stereocenters. The molecule has 3 heteroatoms. The minimum Gasteiger partial charge on any atom is -0.390 e. The predicted octanol–water partition coefficient (Wildman–Crippen LogP) is 2.44. The van der Waals surface area contributed by atoms with Crippen molar-refractivity contribution >= 4 is 16.8 Å². The summed E-state index contributed by atoms with van der Waals surface area (Å²) in [4.78, 5) is 11.9. The Hall–Kier alpha value is -1.61. The first-order chi connectivity index (χ1) is 7.47. The largest absolute Gasteiger partial charge is 0.390 e. The van der Waals surface area contributed by atoms with Crippen LogP contribution in [0.15, 0.2) is 36.5 Å². The Morgan fingerprint density at radius 1 is 1.31 bits per heavy atom. The van der Waals surface area contributed by atoms with E-state index in [1.54, 1.807) is 24.6 Å². The van der Waals surface area contributed by atoms with Gasteiger partial charge in [0.1, 0.15) is 0 Å². The van der Waals surface area contributed by atoms with Gasteiger partial charge < -0.3 is 5.11 Å². The first kappa shape index (κ1) is 10.9. The van der Waals surface area contributed by atoms with Crippen molar-refractivity contribution in [3.05, 3.63) is 36.5 Å². The summed E-state index contributed by atoms with van der Waals surface area (Å²) < 4.78 is 1.59. The molecule has 3 nitrogen and oxygen atoms in total. The lowest BCUT2D eigenvalue weighted by molar-refractivity contribution is 0.0534. The van der Waals surface area contributed by atoms with Crippen molar-refractivity contribution in [2.75, 3.05) is 0 Å². The number of hydrogen-bond donors (Lipinski definition) is 1. The second-order valence-electron chi connectivity index (χ2n) is 4.63. The molecule has 1 heterocycles. The quantitative estimate of drug-likeness (QED) is 0.839. The van der Waals surface area contributed by atoms with E-state index in [4.69, 9.17) is 0 Å². The zero-order valence-electron chi connectivity index (χ0n) is 9.47. The van der Waals surface area contributed by atoms with Crippen LogP contribution in [-0.4, -0.2) is 21.2 Å². The Morgan fingerprint density at radius 3 is 2.69 bits per heavy atom. The van der Waals surface area contributed by atoms with Crippen LogP contribution in [0.4, 0.5) is 0 Å². The van der Waals surface area contributed by atoms with Crippen LogP contribution in [-0.2, 0) is 0 Å². The number of fused-ring (bicyclic) bond motifs is 1. The molecule has 1 N–H and O–H groups in total.